The minimum Gasteiger partial charge on any atom is -0.463 e. The molecule has 1 atom stereocenters. The van der Waals surface area contributed by atoms with Gasteiger partial charge in [0.2, 0.25) is 5.76 Å². The highest BCUT2D eigenvalue weighted by molar-refractivity contribution is 8.00. The first-order chi connectivity index (χ1) is 8.72. The van der Waals surface area contributed by atoms with Gasteiger partial charge in [0.25, 0.3) is 0 Å². The van der Waals surface area contributed by atoms with Crippen molar-refractivity contribution in [2.24, 2.45) is 0 Å². The molecular weight excluding hydrogens is 250 g/mol. The Hall–Kier alpha value is -0.940. The highest BCUT2D eigenvalue weighted by atomic mass is 32.2. The quantitative estimate of drug-likeness (QED) is 0.785. The predicted octanol–water partition coefficient (Wildman–Crippen LogP) is 2.39. The number of ether oxygens (including phenoxy) is 1. The summed E-state index contributed by atoms with van der Waals surface area (Å²) < 4.78 is 10.1. The fourth-order valence-corrected chi connectivity index (χ4v) is 3.31. The number of hydrogen-bond donors (Lipinski definition) is 0. The normalized spacial score (nSPS) is 20.9. The number of nitrogens with zero attached hydrogens (tertiary/aromatic N) is 1. The first-order valence-corrected chi connectivity index (χ1v) is 7.28. The van der Waals surface area contributed by atoms with Gasteiger partial charge in [0.15, 0.2) is 0 Å². The van der Waals surface area contributed by atoms with E-state index in [0.717, 1.165) is 25.4 Å². The average Bonchev–Trinajstić information content (AvgIpc) is 2.86. The topological polar surface area (TPSA) is 42.7 Å². The number of carbonyl (C=O) groups excluding carboxylic acids is 1. The second-order valence-electron chi connectivity index (χ2n) is 4.39. The van der Waals surface area contributed by atoms with Crippen molar-refractivity contribution in [1.82, 2.24) is 4.90 Å². The zero-order valence-electron chi connectivity index (χ0n) is 10.8. The molecule has 0 unspecified atom stereocenters. The summed E-state index contributed by atoms with van der Waals surface area (Å²) in [6.45, 7) is 5.17. The SMILES string of the molecule is CC[C@@H]1CN(Cc2ccc(C(=O)OC)o2)CCS1. The van der Waals surface area contributed by atoms with Gasteiger partial charge in [0.1, 0.15) is 5.76 Å². The zero-order chi connectivity index (χ0) is 13.0. The Bertz CT molecular complexity index is 405. The van der Waals surface area contributed by atoms with Gasteiger partial charge in [-0.1, -0.05) is 6.92 Å². The van der Waals surface area contributed by atoms with Crippen LogP contribution in [-0.2, 0) is 11.3 Å². The lowest BCUT2D eigenvalue weighted by atomic mass is 10.3. The van der Waals surface area contributed by atoms with E-state index < -0.39 is 5.97 Å². The van der Waals surface area contributed by atoms with Crippen LogP contribution in [0.25, 0.3) is 0 Å². The molecule has 0 saturated carbocycles. The Kier molecular flexibility index (Phi) is 4.72. The Balaban J connectivity index is 1.92. The van der Waals surface area contributed by atoms with Gasteiger partial charge in [-0.2, -0.15) is 11.8 Å². The maximum absolute atomic E-state index is 11.3. The van der Waals surface area contributed by atoms with Crippen LogP contribution in [0.3, 0.4) is 0 Å². The molecule has 0 aliphatic carbocycles. The molecule has 18 heavy (non-hydrogen) atoms. The third-order valence-electron chi connectivity index (χ3n) is 3.11. The molecule has 0 aromatic carbocycles. The van der Waals surface area contributed by atoms with Crippen molar-refractivity contribution in [2.45, 2.75) is 25.1 Å². The summed E-state index contributed by atoms with van der Waals surface area (Å²) in [6.07, 6.45) is 1.20. The Morgan fingerprint density at radius 2 is 2.44 bits per heavy atom. The molecule has 1 saturated heterocycles. The van der Waals surface area contributed by atoms with Crippen LogP contribution >= 0.6 is 11.8 Å². The fourth-order valence-electron chi connectivity index (χ4n) is 2.06. The van der Waals surface area contributed by atoms with Crippen LogP contribution in [-0.4, -0.2) is 42.1 Å². The molecule has 0 spiro atoms. The number of esters is 1. The molecule has 1 fully saturated rings. The van der Waals surface area contributed by atoms with Crippen LogP contribution in [0.4, 0.5) is 0 Å². The Morgan fingerprint density at radius 1 is 1.61 bits per heavy atom. The van der Waals surface area contributed by atoms with Crippen LogP contribution in [0.1, 0.15) is 29.7 Å². The van der Waals surface area contributed by atoms with Gasteiger partial charge in [-0.15, -0.1) is 0 Å². The second-order valence-corrected chi connectivity index (χ2v) is 5.80. The molecule has 1 aromatic rings. The molecule has 100 valence electrons. The van der Waals surface area contributed by atoms with E-state index in [1.165, 1.54) is 19.3 Å². The van der Waals surface area contributed by atoms with Gasteiger partial charge < -0.3 is 9.15 Å². The lowest BCUT2D eigenvalue weighted by Gasteiger charge is -2.31. The predicted molar refractivity (Wildman–Crippen MR) is 71.9 cm³/mol. The maximum atomic E-state index is 11.3. The van der Waals surface area contributed by atoms with E-state index in [0.29, 0.717) is 5.25 Å². The molecular formula is C13H19NO3S. The average molecular weight is 269 g/mol. The van der Waals surface area contributed by atoms with Crippen molar-refractivity contribution in [3.63, 3.8) is 0 Å². The molecule has 0 radical (unpaired) electrons. The smallest absolute Gasteiger partial charge is 0.373 e. The minimum atomic E-state index is -0.415. The molecule has 4 nitrogen and oxygen atoms in total. The summed E-state index contributed by atoms with van der Waals surface area (Å²) in [5.41, 5.74) is 0. The van der Waals surface area contributed by atoms with E-state index in [1.807, 2.05) is 17.8 Å². The van der Waals surface area contributed by atoms with Gasteiger partial charge >= 0.3 is 5.97 Å². The molecule has 1 aliphatic rings. The van der Waals surface area contributed by atoms with Crippen LogP contribution in [0.15, 0.2) is 16.5 Å². The molecule has 0 N–H and O–H groups in total. The third-order valence-corrected chi connectivity index (χ3v) is 4.48. The number of thioether (sulfide) groups is 1. The number of rotatable bonds is 4. The Morgan fingerprint density at radius 3 is 3.17 bits per heavy atom. The van der Waals surface area contributed by atoms with Gasteiger partial charge in [-0.25, -0.2) is 4.79 Å². The summed E-state index contributed by atoms with van der Waals surface area (Å²) in [7, 11) is 1.36. The van der Waals surface area contributed by atoms with Crippen molar-refractivity contribution in [1.29, 1.82) is 0 Å². The van der Waals surface area contributed by atoms with Gasteiger partial charge in [-0.05, 0) is 18.6 Å². The van der Waals surface area contributed by atoms with Crippen LogP contribution in [0, 0.1) is 0 Å². The monoisotopic (exact) mass is 269 g/mol. The van der Waals surface area contributed by atoms with Crippen LogP contribution in [0.5, 0.6) is 0 Å². The van der Waals surface area contributed by atoms with E-state index in [4.69, 9.17) is 4.42 Å². The number of carbonyl (C=O) groups is 1. The summed E-state index contributed by atoms with van der Waals surface area (Å²) >= 11 is 2.04. The second kappa shape index (κ2) is 6.29. The van der Waals surface area contributed by atoms with E-state index in [9.17, 15) is 4.79 Å². The third kappa shape index (κ3) is 3.29. The van der Waals surface area contributed by atoms with E-state index in [1.54, 1.807) is 6.07 Å². The zero-order valence-corrected chi connectivity index (χ0v) is 11.7. The highest BCUT2D eigenvalue weighted by Gasteiger charge is 2.20. The molecule has 1 aromatic heterocycles. The van der Waals surface area contributed by atoms with Crippen molar-refractivity contribution in [2.75, 3.05) is 26.0 Å². The summed E-state index contributed by atoms with van der Waals surface area (Å²) in [5, 5.41) is 0.716. The molecule has 0 bridgehead atoms. The first-order valence-electron chi connectivity index (χ1n) is 6.24. The minimum absolute atomic E-state index is 0.283. The molecule has 0 amide bonds. The first kappa shape index (κ1) is 13.5. The van der Waals surface area contributed by atoms with Gasteiger partial charge in [0, 0.05) is 24.1 Å². The van der Waals surface area contributed by atoms with E-state index in [-0.39, 0.29) is 5.76 Å². The van der Waals surface area contributed by atoms with E-state index in [2.05, 4.69) is 16.6 Å². The standard InChI is InChI=1S/C13H19NO3S/c1-3-11-9-14(6-7-18-11)8-10-4-5-12(17-10)13(15)16-2/h4-5,11H,3,6-9H2,1-2H3/t11-/m1/s1. The summed E-state index contributed by atoms with van der Waals surface area (Å²) in [5.74, 6) is 1.87. The highest BCUT2D eigenvalue weighted by Crippen LogP contribution is 2.22. The lowest BCUT2D eigenvalue weighted by Crippen LogP contribution is -2.36. The number of hydrogen-bond acceptors (Lipinski definition) is 5. The molecule has 2 rings (SSSR count). The molecule has 2 heterocycles. The van der Waals surface area contributed by atoms with Gasteiger partial charge in [-0.3, -0.25) is 4.90 Å². The number of furan rings is 1. The van der Waals surface area contributed by atoms with Crippen LogP contribution in [0.2, 0.25) is 0 Å². The largest absolute Gasteiger partial charge is 0.463 e. The fraction of sp³-hybridized carbons (Fsp3) is 0.615. The Labute approximate surface area is 112 Å². The molecule has 5 heteroatoms. The van der Waals surface area contributed by atoms with Crippen molar-refractivity contribution < 1.29 is 13.9 Å². The van der Waals surface area contributed by atoms with Crippen LogP contribution < -0.4 is 0 Å². The number of methoxy groups -OCH3 is 1. The van der Waals surface area contributed by atoms with Crippen molar-refractivity contribution in [3.05, 3.63) is 23.7 Å². The summed E-state index contributed by atoms with van der Waals surface area (Å²) in [4.78, 5) is 13.7. The van der Waals surface area contributed by atoms with Crippen molar-refractivity contribution >= 4 is 17.7 Å². The maximum Gasteiger partial charge on any atom is 0.373 e. The lowest BCUT2D eigenvalue weighted by molar-refractivity contribution is 0.0561. The molecule has 1 aliphatic heterocycles. The summed E-state index contributed by atoms with van der Waals surface area (Å²) in [6, 6.07) is 3.53. The van der Waals surface area contributed by atoms with Gasteiger partial charge in [0.05, 0.1) is 13.7 Å². The van der Waals surface area contributed by atoms with Crippen molar-refractivity contribution in [3.8, 4) is 0 Å². The van der Waals surface area contributed by atoms with E-state index >= 15 is 0 Å².